The molecular formula is C31H30BrF2N9O4. The van der Waals surface area contributed by atoms with Gasteiger partial charge in [-0.2, -0.15) is 4.99 Å². The molecule has 244 valence electrons. The highest BCUT2D eigenvalue weighted by Crippen LogP contribution is 2.37. The number of aliphatic imine (C=N–C) groups is 1. The molecule has 47 heavy (non-hydrogen) atoms. The SMILES string of the molecule is CC(=O)Oc1ccc(C[N+]2(C[C@](O)(c3ccc(F)cc3F)[C@@H](C)N3CCN(c4ccc(-n5cnnn5)cc4)C3=O)C=NC=N2)cc1.[Br-]. The van der Waals surface area contributed by atoms with Crippen LogP contribution in [0.3, 0.4) is 0 Å². The van der Waals surface area contributed by atoms with E-state index in [1.54, 1.807) is 60.4 Å². The molecule has 0 saturated carbocycles. The van der Waals surface area contributed by atoms with Crippen molar-refractivity contribution >= 4 is 30.4 Å². The summed E-state index contributed by atoms with van der Waals surface area (Å²) in [6.45, 7) is 3.42. The molecule has 16 heteroatoms. The van der Waals surface area contributed by atoms with Crippen LogP contribution in [0.2, 0.25) is 0 Å². The molecule has 3 heterocycles. The van der Waals surface area contributed by atoms with Crippen molar-refractivity contribution in [1.82, 2.24) is 25.1 Å². The zero-order chi connectivity index (χ0) is 32.5. The molecule has 0 aliphatic carbocycles. The number of benzene rings is 3. The largest absolute Gasteiger partial charge is 1.00 e. The lowest BCUT2D eigenvalue weighted by atomic mass is 9.84. The lowest BCUT2D eigenvalue weighted by molar-refractivity contribution is -0.861. The minimum Gasteiger partial charge on any atom is -1.00 e. The van der Waals surface area contributed by atoms with Crippen LogP contribution in [0.15, 0.2) is 83.2 Å². The summed E-state index contributed by atoms with van der Waals surface area (Å²) in [6.07, 6.45) is 4.31. The minimum absolute atomic E-state index is 0. The Labute approximate surface area is 278 Å². The van der Waals surface area contributed by atoms with Gasteiger partial charge in [0.05, 0.1) is 11.7 Å². The first-order valence-electron chi connectivity index (χ1n) is 14.4. The lowest BCUT2D eigenvalue weighted by Gasteiger charge is -2.42. The van der Waals surface area contributed by atoms with E-state index >= 15 is 4.39 Å². The number of tetrazole rings is 1. The van der Waals surface area contributed by atoms with Crippen LogP contribution in [-0.4, -0.2) is 85.2 Å². The zero-order valence-electron chi connectivity index (χ0n) is 25.3. The van der Waals surface area contributed by atoms with Gasteiger partial charge in [0.1, 0.15) is 36.8 Å². The van der Waals surface area contributed by atoms with Gasteiger partial charge < -0.3 is 31.7 Å². The molecule has 1 aromatic heterocycles. The van der Waals surface area contributed by atoms with E-state index in [1.165, 1.54) is 41.6 Å². The second-order valence-corrected chi connectivity index (χ2v) is 11.2. The fourth-order valence-corrected chi connectivity index (χ4v) is 5.86. The average molecular weight is 711 g/mol. The van der Waals surface area contributed by atoms with Crippen molar-refractivity contribution in [3.8, 4) is 11.4 Å². The minimum atomic E-state index is -2.06. The molecule has 1 unspecified atom stereocenters. The van der Waals surface area contributed by atoms with E-state index < -0.39 is 35.3 Å². The van der Waals surface area contributed by atoms with Crippen LogP contribution < -0.4 is 26.6 Å². The summed E-state index contributed by atoms with van der Waals surface area (Å²) in [5.41, 5.74) is -0.167. The van der Waals surface area contributed by atoms with Gasteiger partial charge in [-0.05, 0) is 78.0 Å². The van der Waals surface area contributed by atoms with Crippen LogP contribution in [0.4, 0.5) is 19.3 Å². The van der Waals surface area contributed by atoms with Crippen molar-refractivity contribution in [2.24, 2.45) is 10.1 Å². The van der Waals surface area contributed by atoms with Crippen molar-refractivity contribution < 1.29 is 49.8 Å². The Morgan fingerprint density at radius 3 is 2.40 bits per heavy atom. The van der Waals surface area contributed by atoms with Gasteiger partial charge in [-0.3, -0.25) is 9.69 Å². The number of urea groups is 1. The molecule has 2 aliphatic rings. The first kappa shape index (κ1) is 33.4. The Morgan fingerprint density at radius 2 is 1.79 bits per heavy atom. The molecule has 2 aliphatic heterocycles. The Morgan fingerprint density at radius 1 is 1.06 bits per heavy atom. The Hall–Kier alpha value is -4.93. The number of carbonyl (C=O) groups excluding carboxylic acids is 2. The first-order valence-corrected chi connectivity index (χ1v) is 14.4. The summed E-state index contributed by atoms with van der Waals surface area (Å²) < 4.78 is 35.9. The number of quaternary nitrogens is 1. The summed E-state index contributed by atoms with van der Waals surface area (Å²) in [4.78, 5) is 32.4. The third-order valence-electron chi connectivity index (χ3n) is 8.16. The molecule has 0 bridgehead atoms. The summed E-state index contributed by atoms with van der Waals surface area (Å²) in [6, 6.07) is 15.4. The van der Waals surface area contributed by atoms with E-state index in [1.807, 2.05) is 0 Å². The number of hydrogen-bond donors (Lipinski definition) is 1. The summed E-state index contributed by atoms with van der Waals surface area (Å²) in [7, 11) is 0. The third kappa shape index (κ3) is 6.79. The van der Waals surface area contributed by atoms with Crippen LogP contribution >= 0.6 is 0 Å². The van der Waals surface area contributed by atoms with E-state index in [0.717, 1.165) is 11.6 Å². The molecule has 1 fully saturated rings. The van der Waals surface area contributed by atoms with Crippen molar-refractivity contribution in [2.75, 3.05) is 24.5 Å². The van der Waals surface area contributed by atoms with Gasteiger partial charge in [-0.1, -0.05) is 5.10 Å². The highest BCUT2D eigenvalue weighted by atomic mass is 79.9. The van der Waals surface area contributed by atoms with Gasteiger partial charge in [0.15, 0.2) is 11.9 Å². The van der Waals surface area contributed by atoms with Crippen LogP contribution in [0.25, 0.3) is 5.69 Å². The van der Waals surface area contributed by atoms with E-state index in [2.05, 4.69) is 25.6 Å². The molecule has 1 saturated heterocycles. The van der Waals surface area contributed by atoms with E-state index in [-0.39, 0.29) is 46.8 Å². The maximum absolute atomic E-state index is 15.5. The number of esters is 1. The number of anilines is 1. The highest BCUT2D eigenvalue weighted by Gasteiger charge is 2.52. The van der Waals surface area contributed by atoms with Crippen molar-refractivity contribution in [3.63, 3.8) is 0 Å². The third-order valence-corrected chi connectivity index (χ3v) is 8.16. The number of ether oxygens (including phenoxy) is 1. The molecule has 4 aromatic rings. The maximum Gasteiger partial charge on any atom is 0.324 e. The molecule has 2 amide bonds. The topological polar surface area (TPSA) is 138 Å². The van der Waals surface area contributed by atoms with Crippen LogP contribution in [0, 0.1) is 11.6 Å². The molecule has 3 aromatic carbocycles. The predicted octanol–water partition coefficient (Wildman–Crippen LogP) is 0.390. The first-order chi connectivity index (χ1) is 22.1. The van der Waals surface area contributed by atoms with E-state index in [0.29, 0.717) is 29.7 Å². The highest BCUT2D eigenvalue weighted by molar-refractivity contribution is 5.94. The Kier molecular flexibility index (Phi) is 9.55. The zero-order valence-corrected chi connectivity index (χ0v) is 26.9. The van der Waals surface area contributed by atoms with Crippen LogP contribution in [-0.2, 0) is 16.9 Å². The Balaban J connectivity index is 0.00000433. The molecule has 6 rings (SSSR count). The Bertz CT molecular complexity index is 1790. The molecular weight excluding hydrogens is 680 g/mol. The van der Waals surface area contributed by atoms with Crippen molar-refractivity contribution in [3.05, 3.63) is 95.8 Å². The molecule has 3 atom stereocenters. The molecule has 1 N–H and O–H groups in total. The predicted molar refractivity (Wildman–Crippen MR) is 162 cm³/mol. The van der Waals surface area contributed by atoms with Crippen LogP contribution in [0.1, 0.15) is 25.0 Å². The summed E-state index contributed by atoms with van der Waals surface area (Å²) >= 11 is 0. The molecule has 0 radical (unpaired) electrons. The van der Waals surface area contributed by atoms with Crippen molar-refractivity contribution in [2.45, 2.75) is 32.0 Å². The number of halogens is 3. The quantitative estimate of drug-likeness (QED) is 0.143. The average Bonchev–Trinajstić information content (AvgIpc) is 3.80. The van der Waals surface area contributed by atoms with Gasteiger partial charge in [-0.25, -0.2) is 18.3 Å². The summed E-state index contributed by atoms with van der Waals surface area (Å²) in [5, 5.41) is 28.2. The van der Waals surface area contributed by atoms with Gasteiger partial charge in [0, 0.05) is 42.9 Å². The van der Waals surface area contributed by atoms with Crippen LogP contribution in [0.5, 0.6) is 5.75 Å². The summed E-state index contributed by atoms with van der Waals surface area (Å²) in [5.74, 6) is -1.85. The van der Waals surface area contributed by atoms with Gasteiger partial charge in [0.2, 0.25) is 6.34 Å². The number of rotatable bonds is 10. The monoisotopic (exact) mass is 709 g/mol. The van der Waals surface area contributed by atoms with E-state index in [4.69, 9.17) is 4.74 Å². The fraction of sp³-hybridized carbons (Fsp3) is 0.258. The van der Waals surface area contributed by atoms with Crippen molar-refractivity contribution in [1.29, 1.82) is 0 Å². The number of amides is 2. The number of nitrogens with zero attached hydrogens (tertiary/aromatic N) is 9. The fourth-order valence-electron chi connectivity index (χ4n) is 5.86. The number of hydrogen-bond acceptors (Lipinski definition) is 9. The maximum atomic E-state index is 15.5. The lowest BCUT2D eigenvalue weighted by Crippen LogP contribution is -3.00. The smallest absolute Gasteiger partial charge is 0.324 e. The second-order valence-electron chi connectivity index (χ2n) is 11.2. The van der Waals surface area contributed by atoms with Gasteiger partial charge in [-0.15, -0.1) is 9.69 Å². The van der Waals surface area contributed by atoms with Gasteiger partial charge in [0.25, 0.3) is 0 Å². The van der Waals surface area contributed by atoms with Gasteiger partial charge >= 0.3 is 12.0 Å². The van der Waals surface area contributed by atoms with E-state index in [9.17, 15) is 19.1 Å². The standard InChI is InChI=1S/C31H30F2N9O4.BrH/c1-21(39-13-14-40(30(39)44)25-6-8-26(9-7-25)41-19-35-37-38-41)31(45,28-12-5-24(32)15-29(28)33)17-42(20-34-18-36-42)16-23-3-10-27(11-4-23)46-22(2)43;/h3-12,15,18-21,45H,13-14,16-17H2,1-2H3;1H/q+1;/p-1/t21-,31-,42?;/m1./s1. The molecule has 13 nitrogen and oxygen atoms in total. The molecule has 0 spiro atoms. The normalized spacial score (nSPS) is 19.0. The second kappa shape index (κ2) is 13.4. The number of aliphatic hydroxyl groups is 1. The number of aromatic nitrogens is 4. The number of carbonyl (C=O) groups is 2.